The van der Waals surface area contributed by atoms with Crippen LogP contribution in [0, 0.1) is 0 Å². The summed E-state index contributed by atoms with van der Waals surface area (Å²) >= 11 is 6.02. The number of alkyl halides is 2. The molecule has 164 valence electrons. The van der Waals surface area contributed by atoms with Crippen LogP contribution in [-0.2, 0) is 5.92 Å². The number of rotatable bonds is 3. The van der Waals surface area contributed by atoms with Crippen LogP contribution < -0.4 is 0 Å². The highest BCUT2D eigenvalue weighted by molar-refractivity contribution is 6.30. The van der Waals surface area contributed by atoms with Crippen molar-refractivity contribution in [3.05, 3.63) is 119 Å². The minimum atomic E-state index is -3.14. The van der Waals surface area contributed by atoms with Crippen LogP contribution in [0.4, 0.5) is 8.78 Å². The maximum atomic E-state index is 15.4. The summed E-state index contributed by atoms with van der Waals surface area (Å²) < 4.78 is 30.8. The molecule has 0 unspecified atom stereocenters. The lowest BCUT2D eigenvalue weighted by atomic mass is 10.00. The van der Waals surface area contributed by atoms with Gasteiger partial charge in [-0.25, -0.2) is 9.97 Å². The van der Waals surface area contributed by atoms with Crippen LogP contribution in [0.3, 0.4) is 0 Å². The molecule has 5 heteroatoms. The number of halogens is 3. The fourth-order valence-electron chi connectivity index (χ4n) is 4.42. The maximum Gasteiger partial charge on any atom is 0.299 e. The van der Waals surface area contributed by atoms with Gasteiger partial charge in [-0.3, -0.25) is 0 Å². The molecule has 1 aliphatic rings. The number of aromatic nitrogens is 2. The quantitative estimate of drug-likeness (QED) is 0.267. The molecule has 0 saturated heterocycles. The summed E-state index contributed by atoms with van der Waals surface area (Å²) in [6, 6.07) is 31.0. The van der Waals surface area contributed by atoms with Crippen molar-refractivity contribution in [2.24, 2.45) is 0 Å². The third kappa shape index (κ3) is 3.39. The molecule has 0 N–H and O–H groups in total. The van der Waals surface area contributed by atoms with Crippen LogP contribution in [0.25, 0.3) is 45.0 Å². The number of hydrogen-bond acceptors (Lipinski definition) is 2. The van der Waals surface area contributed by atoms with Gasteiger partial charge in [-0.2, -0.15) is 8.78 Å². The zero-order valence-corrected chi connectivity index (χ0v) is 18.6. The fourth-order valence-corrected chi connectivity index (χ4v) is 4.59. The summed E-state index contributed by atoms with van der Waals surface area (Å²) in [7, 11) is 0. The molecule has 0 fully saturated rings. The molecule has 1 aliphatic carbocycles. The van der Waals surface area contributed by atoms with Gasteiger partial charge >= 0.3 is 0 Å². The standard InChI is InChI=1S/C29H17ClF2N2/c30-21-12-14-23-22-13-11-20(15-24(22)29(31,32)25(23)16-21)27-17-26(18-7-3-1-4-8-18)33-28(34-27)19-9-5-2-6-10-19/h1-17H. The summed E-state index contributed by atoms with van der Waals surface area (Å²) in [5.74, 6) is -2.59. The van der Waals surface area contributed by atoms with E-state index in [1.54, 1.807) is 18.2 Å². The average molecular weight is 467 g/mol. The summed E-state index contributed by atoms with van der Waals surface area (Å²) in [5, 5.41) is 0.294. The summed E-state index contributed by atoms with van der Waals surface area (Å²) in [6.45, 7) is 0. The van der Waals surface area contributed by atoms with Crippen LogP contribution in [0.5, 0.6) is 0 Å². The smallest absolute Gasteiger partial charge is 0.228 e. The first-order valence-electron chi connectivity index (χ1n) is 10.8. The summed E-state index contributed by atoms with van der Waals surface area (Å²) in [6.07, 6.45) is 0. The van der Waals surface area contributed by atoms with Crippen LogP contribution in [0.1, 0.15) is 11.1 Å². The van der Waals surface area contributed by atoms with Crippen LogP contribution >= 0.6 is 11.6 Å². The first kappa shape index (κ1) is 20.7. The third-order valence-electron chi connectivity index (χ3n) is 6.09. The number of hydrogen-bond donors (Lipinski definition) is 0. The van der Waals surface area contributed by atoms with Crippen molar-refractivity contribution in [3.8, 4) is 45.0 Å². The minimum Gasteiger partial charge on any atom is -0.228 e. The molecule has 4 aromatic carbocycles. The van der Waals surface area contributed by atoms with Gasteiger partial charge in [0.2, 0.25) is 0 Å². The maximum absolute atomic E-state index is 15.4. The molecule has 1 heterocycles. The Labute approximate surface area is 200 Å². The van der Waals surface area contributed by atoms with Gasteiger partial charge in [0.15, 0.2) is 5.82 Å². The lowest BCUT2D eigenvalue weighted by Gasteiger charge is -2.14. The van der Waals surface area contributed by atoms with Crippen molar-refractivity contribution >= 4 is 11.6 Å². The van der Waals surface area contributed by atoms with Gasteiger partial charge in [0, 0.05) is 32.8 Å². The predicted molar refractivity (Wildman–Crippen MR) is 132 cm³/mol. The highest BCUT2D eigenvalue weighted by atomic mass is 35.5. The summed E-state index contributed by atoms with van der Waals surface area (Å²) in [4.78, 5) is 9.53. The van der Waals surface area contributed by atoms with E-state index in [9.17, 15) is 0 Å². The molecular weight excluding hydrogens is 450 g/mol. The molecule has 34 heavy (non-hydrogen) atoms. The van der Waals surface area contributed by atoms with E-state index in [0.717, 1.165) is 16.8 Å². The highest BCUT2D eigenvalue weighted by Crippen LogP contribution is 2.52. The molecule has 5 aromatic rings. The Balaban J connectivity index is 1.53. The lowest BCUT2D eigenvalue weighted by molar-refractivity contribution is 0.0480. The molecule has 0 saturated carbocycles. The van der Waals surface area contributed by atoms with Gasteiger partial charge in [0.05, 0.1) is 11.4 Å². The Morgan fingerprint density at radius 3 is 1.79 bits per heavy atom. The van der Waals surface area contributed by atoms with E-state index in [2.05, 4.69) is 0 Å². The second-order valence-electron chi connectivity index (χ2n) is 8.22. The number of nitrogens with zero attached hydrogens (tertiary/aromatic N) is 2. The first-order chi connectivity index (χ1) is 16.5. The second-order valence-corrected chi connectivity index (χ2v) is 8.66. The van der Waals surface area contributed by atoms with E-state index in [4.69, 9.17) is 21.6 Å². The van der Waals surface area contributed by atoms with Crippen molar-refractivity contribution in [2.75, 3.05) is 0 Å². The predicted octanol–water partition coefficient (Wildman–Crippen LogP) is 8.25. The molecule has 0 aliphatic heterocycles. The van der Waals surface area contributed by atoms with Crippen molar-refractivity contribution in [3.63, 3.8) is 0 Å². The zero-order chi connectivity index (χ0) is 23.3. The van der Waals surface area contributed by atoms with Gasteiger partial charge in [-0.15, -0.1) is 0 Å². The SMILES string of the molecule is FC1(F)c2cc(Cl)ccc2-c2ccc(-c3cc(-c4ccccc4)nc(-c4ccccc4)n3)cc21. The molecule has 0 atom stereocenters. The first-order valence-corrected chi connectivity index (χ1v) is 11.2. The van der Waals surface area contributed by atoms with Gasteiger partial charge in [-0.05, 0) is 35.4 Å². The van der Waals surface area contributed by atoms with Gasteiger partial charge in [0.1, 0.15) is 0 Å². The largest absolute Gasteiger partial charge is 0.299 e. The monoisotopic (exact) mass is 466 g/mol. The van der Waals surface area contributed by atoms with Crippen molar-refractivity contribution in [2.45, 2.75) is 5.92 Å². The molecule has 0 bridgehead atoms. The van der Waals surface area contributed by atoms with Crippen LogP contribution in [0.2, 0.25) is 5.02 Å². The van der Waals surface area contributed by atoms with E-state index in [1.807, 2.05) is 72.8 Å². The van der Waals surface area contributed by atoms with Gasteiger partial charge in [-0.1, -0.05) is 90.5 Å². The minimum absolute atomic E-state index is 0.0385. The Kier molecular flexibility index (Phi) is 4.78. The van der Waals surface area contributed by atoms with E-state index in [1.165, 1.54) is 12.1 Å². The van der Waals surface area contributed by atoms with Gasteiger partial charge < -0.3 is 0 Å². The molecule has 6 rings (SSSR count). The molecule has 1 aromatic heterocycles. The Bertz CT molecular complexity index is 1480. The number of fused-ring (bicyclic) bond motifs is 3. The van der Waals surface area contributed by atoms with E-state index in [0.29, 0.717) is 33.2 Å². The van der Waals surface area contributed by atoms with Crippen LogP contribution in [0.15, 0.2) is 103 Å². The number of benzene rings is 4. The van der Waals surface area contributed by atoms with E-state index < -0.39 is 5.92 Å². The Morgan fingerprint density at radius 2 is 1.12 bits per heavy atom. The second kappa shape index (κ2) is 7.86. The molecule has 0 amide bonds. The third-order valence-corrected chi connectivity index (χ3v) is 6.33. The molecule has 0 spiro atoms. The van der Waals surface area contributed by atoms with Crippen molar-refractivity contribution in [1.29, 1.82) is 0 Å². The van der Waals surface area contributed by atoms with Crippen molar-refractivity contribution in [1.82, 2.24) is 9.97 Å². The Morgan fingerprint density at radius 1 is 0.559 bits per heavy atom. The average Bonchev–Trinajstić information content (AvgIpc) is 3.10. The van der Waals surface area contributed by atoms with Crippen molar-refractivity contribution < 1.29 is 8.78 Å². The molecule has 0 radical (unpaired) electrons. The fraction of sp³-hybridized carbons (Fsp3) is 0.0345. The van der Waals surface area contributed by atoms with E-state index in [-0.39, 0.29) is 11.1 Å². The highest BCUT2D eigenvalue weighted by Gasteiger charge is 2.44. The normalized spacial score (nSPS) is 13.4. The van der Waals surface area contributed by atoms with E-state index >= 15 is 8.78 Å². The molecule has 2 nitrogen and oxygen atoms in total. The van der Waals surface area contributed by atoms with Gasteiger partial charge in [0.25, 0.3) is 5.92 Å². The zero-order valence-electron chi connectivity index (χ0n) is 17.8. The Hall–Kier alpha value is -3.89. The summed E-state index contributed by atoms with van der Waals surface area (Å²) in [5.41, 5.74) is 4.62. The lowest BCUT2D eigenvalue weighted by Crippen LogP contribution is -2.11. The topological polar surface area (TPSA) is 25.8 Å². The molecular formula is C29H17ClF2N2. The van der Waals surface area contributed by atoms with Crippen LogP contribution in [-0.4, -0.2) is 9.97 Å².